The average molecular weight is 221 g/mol. The maximum absolute atomic E-state index is 13.3. The van der Waals surface area contributed by atoms with Crippen LogP contribution < -0.4 is 10.5 Å². The van der Waals surface area contributed by atoms with Crippen molar-refractivity contribution in [3.05, 3.63) is 54.1 Å². The number of nitrogens with two attached hydrogens (primary N) is 1. The first-order valence-electron chi connectivity index (χ1n) is 4.64. The van der Waals surface area contributed by atoms with Gasteiger partial charge in [-0.25, -0.2) is 8.78 Å². The molecule has 2 nitrogen and oxygen atoms in total. The SMILES string of the molecule is Nc1ccc(Oc2ccccc2F)c(F)c1. The number of nitrogen functional groups attached to an aromatic ring is 1. The Kier molecular flexibility index (Phi) is 2.72. The number of halogens is 2. The Bertz CT molecular complexity index is 514. The molecule has 0 aliphatic carbocycles. The summed E-state index contributed by atoms with van der Waals surface area (Å²) >= 11 is 0. The topological polar surface area (TPSA) is 35.2 Å². The average Bonchev–Trinajstić information content (AvgIpc) is 2.25. The Labute approximate surface area is 91.3 Å². The zero-order chi connectivity index (χ0) is 11.5. The summed E-state index contributed by atoms with van der Waals surface area (Å²) in [4.78, 5) is 0. The van der Waals surface area contributed by atoms with Crippen molar-refractivity contribution < 1.29 is 13.5 Å². The normalized spacial score (nSPS) is 10.1. The van der Waals surface area contributed by atoms with E-state index in [1.807, 2.05) is 0 Å². The third-order valence-electron chi connectivity index (χ3n) is 2.01. The molecular formula is C12H9F2NO. The van der Waals surface area contributed by atoms with Crippen LogP contribution in [0.25, 0.3) is 0 Å². The van der Waals surface area contributed by atoms with E-state index in [0.29, 0.717) is 5.69 Å². The van der Waals surface area contributed by atoms with Gasteiger partial charge in [0.15, 0.2) is 23.1 Å². The lowest BCUT2D eigenvalue weighted by atomic mass is 10.3. The second-order valence-corrected chi connectivity index (χ2v) is 3.22. The third-order valence-corrected chi connectivity index (χ3v) is 2.01. The Morgan fingerprint density at radius 1 is 0.875 bits per heavy atom. The maximum atomic E-state index is 13.3. The molecule has 0 amide bonds. The van der Waals surface area contributed by atoms with Crippen molar-refractivity contribution in [1.29, 1.82) is 0 Å². The van der Waals surface area contributed by atoms with Gasteiger partial charge in [0.05, 0.1) is 0 Å². The largest absolute Gasteiger partial charge is 0.451 e. The minimum atomic E-state index is -0.622. The summed E-state index contributed by atoms with van der Waals surface area (Å²) in [6, 6.07) is 9.76. The Morgan fingerprint density at radius 3 is 2.25 bits per heavy atom. The second-order valence-electron chi connectivity index (χ2n) is 3.22. The van der Waals surface area contributed by atoms with Crippen molar-refractivity contribution in [3.63, 3.8) is 0 Å². The number of anilines is 1. The Morgan fingerprint density at radius 2 is 1.56 bits per heavy atom. The summed E-state index contributed by atoms with van der Waals surface area (Å²) in [7, 11) is 0. The predicted molar refractivity (Wildman–Crippen MR) is 57.3 cm³/mol. The van der Waals surface area contributed by atoms with Crippen LogP contribution in [0.3, 0.4) is 0 Å². The van der Waals surface area contributed by atoms with E-state index in [1.165, 1.54) is 30.3 Å². The standard InChI is InChI=1S/C12H9F2NO/c13-9-3-1-2-4-11(9)16-12-6-5-8(15)7-10(12)14/h1-7H,15H2. The molecule has 0 atom stereocenters. The van der Waals surface area contributed by atoms with E-state index in [0.717, 1.165) is 6.07 Å². The van der Waals surface area contributed by atoms with Crippen LogP contribution in [-0.4, -0.2) is 0 Å². The molecule has 0 saturated heterocycles. The quantitative estimate of drug-likeness (QED) is 0.789. The predicted octanol–water partition coefficient (Wildman–Crippen LogP) is 3.34. The fraction of sp³-hybridized carbons (Fsp3) is 0. The van der Waals surface area contributed by atoms with Crippen molar-refractivity contribution in [3.8, 4) is 11.5 Å². The molecule has 0 bridgehead atoms. The highest BCUT2D eigenvalue weighted by Gasteiger charge is 2.07. The van der Waals surface area contributed by atoms with Crippen molar-refractivity contribution >= 4 is 5.69 Å². The molecule has 2 aromatic rings. The van der Waals surface area contributed by atoms with Gasteiger partial charge >= 0.3 is 0 Å². The molecule has 0 heterocycles. The van der Waals surface area contributed by atoms with E-state index < -0.39 is 11.6 Å². The Balaban J connectivity index is 2.31. The minimum Gasteiger partial charge on any atom is -0.451 e. The second kappa shape index (κ2) is 4.18. The molecule has 16 heavy (non-hydrogen) atoms. The van der Waals surface area contributed by atoms with Gasteiger partial charge in [-0.2, -0.15) is 0 Å². The molecule has 4 heteroatoms. The van der Waals surface area contributed by atoms with E-state index in [1.54, 1.807) is 6.07 Å². The highest BCUT2D eigenvalue weighted by molar-refractivity contribution is 5.44. The van der Waals surface area contributed by atoms with E-state index in [4.69, 9.17) is 10.5 Å². The van der Waals surface area contributed by atoms with Crippen molar-refractivity contribution in [2.24, 2.45) is 0 Å². The van der Waals surface area contributed by atoms with Crippen molar-refractivity contribution in [1.82, 2.24) is 0 Å². The summed E-state index contributed by atoms with van der Waals surface area (Å²) in [5.74, 6) is -1.24. The number of hydrogen-bond acceptors (Lipinski definition) is 2. The number of hydrogen-bond donors (Lipinski definition) is 1. The molecule has 0 fully saturated rings. The van der Waals surface area contributed by atoms with Crippen LogP contribution in [0.1, 0.15) is 0 Å². The molecular weight excluding hydrogens is 212 g/mol. The van der Waals surface area contributed by atoms with Gasteiger partial charge in [0.1, 0.15) is 0 Å². The monoisotopic (exact) mass is 221 g/mol. The van der Waals surface area contributed by atoms with Crippen LogP contribution >= 0.6 is 0 Å². The first-order chi connectivity index (χ1) is 7.66. The third kappa shape index (κ3) is 2.11. The van der Waals surface area contributed by atoms with Gasteiger partial charge in [0, 0.05) is 11.8 Å². The van der Waals surface area contributed by atoms with Crippen LogP contribution in [-0.2, 0) is 0 Å². The first-order valence-corrected chi connectivity index (χ1v) is 4.64. The Hall–Kier alpha value is -2.10. The molecule has 0 aliphatic heterocycles. The maximum Gasteiger partial charge on any atom is 0.167 e. The van der Waals surface area contributed by atoms with E-state index >= 15 is 0 Å². The molecule has 0 aliphatic rings. The summed E-state index contributed by atoms with van der Waals surface area (Å²) in [5.41, 5.74) is 5.67. The van der Waals surface area contributed by atoms with Crippen LogP contribution in [0.2, 0.25) is 0 Å². The van der Waals surface area contributed by atoms with E-state index in [2.05, 4.69) is 0 Å². The number of para-hydroxylation sites is 1. The highest BCUT2D eigenvalue weighted by atomic mass is 19.1. The molecule has 2 rings (SSSR count). The van der Waals surface area contributed by atoms with Crippen LogP contribution in [0, 0.1) is 11.6 Å². The molecule has 2 aromatic carbocycles. The van der Waals surface area contributed by atoms with Crippen LogP contribution in [0.5, 0.6) is 11.5 Å². The van der Waals surface area contributed by atoms with Gasteiger partial charge in [-0.05, 0) is 24.3 Å². The molecule has 0 saturated carbocycles. The van der Waals surface area contributed by atoms with Gasteiger partial charge < -0.3 is 10.5 Å². The van der Waals surface area contributed by atoms with Gasteiger partial charge in [-0.1, -0.05) is 12.1 Å². The summed E-state index contributed by atoms with van der Waals surface area (Å²) < 4.78 is 31.6. The lowest BCUT2D eigenvalue weighted by Crippen LogP contribution is -1.92. The smallest absolute Gasteiger partial charge is 0.167 e. The minimum absolute atomic E-state index is 0.0221. The summed E-state index contributed by atoms with van der Waals surface area (Å²) in [6.45, 7) is 0. The van der Waals surface area contributed by atoms with Gasteiger partial charge in [-0.15, -0.1) is 0 Å². The van der Waals surface area contributed by atoms with Crippen molar-refractivity contribution in [2.75, 3.05) is 5.73 Å². The lowest BCUT2D eigenvalue weighted by molar-refractivity contribution is 0.415. The molecule has 0 aromatic heterocycles. The van der Waals surface area contributed by atoms with E-state index in [-0.39, 0.29) is 11.5 Å². The van der Waals surface area contributed by atoms with Crippen LogP contribution in [0.15, 0.2) is 42.5 Å². The summed E-state index contributed by atoms with van der Waals surface area (Å²) in [6.07, 6.45) is 0. The number of benzene rings is 2. The summed E-state index contributed by atoms with van der Waals surface area (Å²) in [5, 5.41) is 0. The lowest BCUT2D eigenvalue weighted by Gasteiger charge is -2.07. The van der Waals surface area contributed by atoms with Gasteiger partial charge in [-0.3, -0.25) is 0 Å². The van der Waals surface area contributed by atoms with E-state index in [9.17, 15) is 8.78 Å². The molecule has 0 spiro atoms. The zero-order valence-electron chi connectivity index (χ0n) is 8.28. The fourth-order valence-corrected chi connectivity index (χ4v) is 1.25. The van der Waals surface area contributed by atoms with Gasteiger partial charge in [0.2, 0.25) is 0 Å². The highest BCUT2D eigenvalue weighted by Crippen LogP contribution is 2.27. The first kappa shape index (κ1) is 10.4. The van der Waals surface area contributed by atoms with Crippen LogP contribution in [0.4, 0.5) is 14.5 Å². The number of ether oxygens (including phenoxy) is 1. The molecule has 82 valence electrons. The van der Waals surface area contributed by atoms with Gasteiger partial charge in [0.25, 0.3) is 0 Å². The zero-order valence-corrected chi connectivity index (χ0v) is 8.28. The molecule has 0 radical (unpaired) electrons. The molecule has 0 unspecified atom stereocenters. The number of rotatable bonds is 2. The fourth-order valence-electron chi connectivity index (χ4n) is 1.25. The molecule has 2 N–H and O–H groups in total. The van der Waals surface area contributed by atoms with Crippen molar-refractivity contribution in [2.45, 2.75) is 0 Å².